The smallest absolute Gasteiger partial charge is 0.255 e. The second-order valence-electron chi connectivity index (χ2n) is 5.83. The van der Waals surface area contributed by atoms with Crippen LogP contribution in [0.3, 0.4) is 0 Å². The minimum atomic E-state index is -0.299. The molecule has 0 radical (unpaired) electrons. The Morgan fingerprint density at radius 1 is 0.889 bits per heavy atom. The molecule has 3 rings (SSSR count). The number of ether oxygens (including phenoxy) is 1. The highest BCUT2D eigenvalue weighted by Gasteiger charge is 2.14. The van der Waals surface area contributed by atoms with Crippen LogP contribution in [0.2, 0.25) is 15.1 Å². The summed E-state index contributed by atoms with van der Waals surface area (Å²) in [6.07, 6.45) is 0. The van der Waals surface area contributed by atoms with Crippen LogP contribution in [0.25, 0.3) is 0 Å². The van der Waals surface area contributed by atoms with E-state index < -0.39 is 0 Å². The molecule has 0 fully saturated rings. The molecule has 3 aromatic rings. The van der Waals surface area contributed by atoms with Gasteiger partial charge in [-0.2, -0.15) is 0 Å². The highest BCUT2D eigenvalue weighted by atomic mass is 35.5. The fourth-order valence-electron chi connectivity index (χ4n) is 2.48. The SMILES string of the molecule is O=C(NCc1ccc(Cl)cc1Cl)c1cc(Cl)ccc1OCc1ccccc1. The first-order valence-corrected chi connectivity index (χ1v) is 9.35. The van der Waals surface area contributed by atoms with Gasteiger partial charge in [-0.25, -0.2) is 0 Å². The molecule has 0 saturated carbocycles. The Morgan fingerprint density at radius 3 is 2.33 bits per heavy atom. The van der Waals surface area contributed by atoms with Gasteiger partial charge in [-0.05, 0) is 41.5 Å². The monoisotopic (exact) mass is 419 g/mol. The summed E-state index contributed by atoms with van der Waals surface area (Å²) >= 11 is 18.1. The Labute approximate surface area is 172 Å². The topological polar surface area (TPSA) is 38.3 Å². The van der Waals surface area contributed by atoms with E-state index in [4.69, 9.17) is 39.5 Å². The molecule has 0 saturated heterocycles. The molecule has 0 heterocycles. The van der Waals surface area contributed by atoms with Gasteiger partial charge in [0, 0.05) is 21.6 Å². The van der Waals surface area contributed by atoms with Gasteiger partial charge in [-0.15, -0.1) is 0 Å². The quantitative estimate of drug-likeness (QED) is 0.519. The second-order valence-corrected chi connectivity index (χ2v) is 7.11. The molecular formula is C21H16Cl3NO2. The first-order valence-electron chi connectivity index (χ1n) is 8.21. The number of rotatable bonds is 6. The maximum atomic E-state index is 12.7. The summed E-state index contributed by atoms with van der Waals surface area (Å²) in [6, 6.07) is 19.8. The molecule has 1 N–H and O–H groups in total. The number of carbonyl (C=O) groups is 1. The van der Waals surface area contributed by atoms with Gasteiger partial charge < -0.3 is 10.1 Å². The molecule has 0 aliphatic heterocycles. The Kier molecular flexibility index (Phi) is 6.62. The summed E-state index contributed by atoms with van der Waals surface area (Å²) in [5.74, 6) is 0.162. The summed E-state index contributed by atoms with van der Waals surface area (Å²) in [5, 5.41) is 4.33. The van der Waals surface area contributed by atoms with Crippen LogP contribution in [-0.2, 0) is 13.2 Å². The van der Waals surface area contributed by atoms with Crippen molar-refractivity contribution in [1.82, 2.24) is 5.32 Å². The van der Waals surface area contributed by atoms with Gasteiger partial charge in [-0.1, -0.05) is 71.2 Å². The van der Waals surface area contributed by atoms with Crippen LogP contribution in [-0.4, -0.2) is 5.91 Å². The van der Waals surface area contributed by atoms with Crippen LogP contribution >= 0.6 is 34.8 Å². The van der Waals surface area contributed by atoms with Crippen LogP contribution in [0, 0.1) is 0 Å². The third-order valence-corrected chi connectivity index (χ3v) is 4.70. The van der Waals surface area contributed by atoms with E-state index in [1.54, 1.807) is 36.4 Å². The van der Waals surface area contributed by atoms with E-state index in [1.807, 2.05) is 30.3 Å². The zero-order valence-corrected chi connectivity index (χ0v) is 16.5. The molecule has 0 aliphatic carbocycles. The van der Waals surface area contributed by atoms with Gasteiger partial charge in [0.2, 0.25) is 0 Å². The highest BCUT2D eigenvalue weighted by molar-refractivity contribution is 6.35. The third kappa shape index (κ3) is 5.39. The summed E-state index contributed by atoms with van der Waals surface area (Å²) in [4.78, 5) is 12.7. The van der Waals surface area contributed by atoms with Crippen molar-refractivity contribution in [3.63, 3.8) is 0 Å². The molecule has 6 heteroatoms. The lowest BCUT2D eigenvalue weighted by Gasteiger charge is -2.13. The molecule has 0 atom stereocenters. The van der Waals surface area contributed by atoms with Crippen LogP contribution in [0.5, 0.6) is 5.75 Å². The van der Waals surface area contributed by atoms with Crippen LogP contribution in [0.1, 0.15) is 21.5 Å². The maximum absolute atomic E-state index is 12.7. The summed E-state index contributed by atoms with van der Waals surface area (Å²) in [6.45, 7) is 0.616. The van der Waals surface area contributed by atoms with Gasteiger partial charge in [0.05, 0.1) is 5.56 Å². The summed E-state index contributed by atoms with van der Waals surface area (Å²) in [5.41, 5.74) is 2.14. The van der Waals surface area contributed by atoms with E-state index in [0.29, 0.717) is 33.0 Å². The molecule has 0 unspecified atom stereocenters. The molecule has 0 bridgehead atoms. The Bertz CT molecular complexity index is 945. The second kappa shape index (κ2) is 9.14. The van der Waals surface area contributed by atoms with Crippen molar-refractivity contribution in [2.45, 2.75) is 13.2 Å². The van der Waals surface area contributed by atoms with Crippen LogP contribution in [0.15, 0.2) is 66.7 Å². The minimum absolute atomic E-state index is 0.263. The first kappa shape index (κ1) is 19.6. The highest BCUT2D eigenvalue weighted by Crippen LogP contribution is 2.25. The first-order chi connectivity index (χ1) is 13.0. The molecule has 0 spiro atoms. The average Bonchev–Trinajstić information content (AvgIpc) is 2.67. The molecule has 3 nitrogen and oxygen atoms in total. The van der Waals surface area contributed by atoms with Gasteiger partial charge in [0.25, 0.3) is 5.91 Å². The number of halogens is 3. The molecular weight excluding hydrogens is 405 g/mol. The zero-order chi connectivity index (χ0) is 19.2. The summed E-state index contributed by atoms with van der Waals surface area (Å²) in [7, 11) is 0. The van der Waals surface area contributed by atoms with E-state index in [-0.39, 0.29) is 12.5 Å². The van der Waals surface area contributed by atoms with E-state index in [9.17, 15) is 4.79 Å². The minimum Gasteiger partial charge on any atom is -0.488 e. The fourth-order valence-corrected chi connectivity index (χ4v) is 3.12. The Morgan fingerprint density at radius 2 is 1.59 bits per heavy atom. The largest absolute Gasteiger partial charge is 0.488 e. The zero-order valence-electron chi connectivity index (χ0n) is 14.2. The number of hydrogen-bond acceptors (Lipinski definition) is 2. The lowest BCUT2D eigenvalue weighted by Crippen LogP contribution is -2.23. The molecule has 1 amide bonds. The average molecular weight is 421 g/mol. The Hall–Kier alpha value is -2.20. The van der Waals surface area contributed by atoms with Crippen molar-refractivity contribution in [3.05, 3.63) is 98.5 Å². The lowest BCUT2D eigenvalue weighted by molar-refractivity contribution is 0.0946. The fraction of sp³-hybridized carbons (Fsp3) is 0.0952. The van der Waals surface area contributed by atoms with E-state index in [1.165, 1.54) is 0 Å². The van der Waals surface area contributed by atoms with Gasteiger partial charge in [0.1, 0.15) is 12.4 Å². The van der Waals surface area contributed by atoms with Crippen LogP contribution < -0.4 is 10.1 Å². The number of benzene rings is 3. The molecule has 0 aliphatic rings. The van der Waals surface area contributed by atoms with E-state index in [0.717, 1.165) is 11.1 Å². The van der Waals surface area contributed by atoms with Gasteiger partial charge in [0.15, 0.2) is 0 Å². The lowest BCUT2D eigenvalue weighted by atomic mass is 10.1. The number of carbonyl (C=O) groups excluding carboxylic acids is 1. The van der Waals surface area contributed by atoms with Gasteiger partial charge >= 0.3 is 0 Å². The predicted molar refractivity (Wildman–Crippen MR) is 110 cm³/mol. The molecule has 27 heavy (non-hydrogen) atoms. The molecule has 3 aromatic carbocycles. The summed E-state index contributed by atoms with van der Waals surface area (Å²) < 4.78 is 5.83. The van der Waals surface area contributed by atoms with Crippen molar-refractivity contribution in [2.24, 2.45) is 0 Å². The maximum Gasteiger partial charge on any atom is 0.255 e. The number of amides is 1. The van der Waals surface area contributed by atoms with E-state index in [2.05, 4.69) is 5.32 Å². The van der Waals surface area contributed by atoms with Crippen molar-refractivity contribution >= 4 is 40.7 Å². The van der Waals surface area contributed by atoms with Gasteiger partial charge in [-0.3, -0.25) is 4.79 Å². The van der Waals surface area contributed by atoms with E-state index >= 15 is 0 Å². The van der Waals surface area contributed by atoms with Crippen molar-refractivity contribution in [2.75, 3.05) is 0 Å². The van der Waals surface area contributed by atoms with Crippen LogP contribution in [0.4, 0.5) is 0 Å². The van der Waals surface area contributed by atoms with Crippen molar-refractivity contribution in [1.29, 1.82) is 0 Å². The Balaban J connectivity index is 1.72. The molecule has 0 aromatic heterocycles. The standard InChI is InChI=1S/C21H16Cl3NO2/c22-16-8-9-20(27-13-14-4-2-1-3-5-14)18(10-16)21(26)25-12-15-6-7-17(23)11-19(15)24/h1-11H,12-13H2,(H,25,26). The van der Waals surface area contributed by atoms with Crippen molar-refractivity contribution in [3.8, 4) is 5.75 Å². The van der Waals surface area contributed by atoms with Crippen molar-refractivity contribution < 1.29 is 9.53 Å². The predicted octanol–water partition coefficient (Wildman–Crippen LogP) is 6.16. The number of nitrogens with one attached hydrogen (secondary N) is 1. The normalized spacial score (nSPS) is 10.5. The molecule has 138 valence electrons. The third-order valence-electron chi connectivity index (χ3n) is 3.88. The number of hydrogen-bond donors (Lipinski definition) is 1.